The summed E-state index contributed by atoms with van der Waals surface area (Å²) in [7, 11) is 0. The molecule has 6 nitrogen and oxygen atoms in total. The summed E-state index contributed by atoms with van der Waals surface area (Å²) >= 11 is 0. The third-order valence-corrected chi connectivity index (χ3v) is 4.94. The van der Waals surface area contributed by atoms with Crippen LogP contribution in [-0.2, 0) is 19.1 Å². The van der Waals surface area contributed by atoms with Crippen molar-refractivity contribution in [3.05, 3.63) is 29.8 Å². The van der Waals surface area contributed by atoms with E-state index in [0.29, 0.717) is 12.2 Å². The first kappa shape index (κ1) is 17.5. The highest BCUT2D eigenvalue weighted by Gasteiger charge is 2.39. The lowest BCUT2D eigenvalue weighted by Crippen LogP contribution is -2.35. The highest BCUT2D eigenvalue weighted by Crippen LogP contribution is 2.29. The third kappa shape index (κ3) is 4.38. The zero-order valence-electron chi connectivity index (χ0n) is 14.5. The molecule has 0 bridgehead atoms. The lowest BCUT2D eigenvalue weighted by Gasteiger charge is -2.23. The van der Waals surface area contributed by atoms with Gasteiger partial charge in [-0.05, 0) is 31.9 Å². The Hall–Kier alpha value is -2.37. The number of aryl methyl sites for hydroxylation is 1. The number of amides is 2. The number of carbonyl (C=O) groups is 3. The molecule has 1 aromatic carbocycles. The Bertz CT molecular complexity index is 650. The van der Waals surface area contributed by atoms with Gasteiger partial charge in [0.05, 0.1) is 5.92 Å². The van der Waals surface area contributed by atoms with E-state index in [4.69, 9.17) is 4.74 Å². The van der Waals surface area contributed by atoms with Crippen LogP contribution in [0.25, 0.3) is 0 Å². The van der Waals surface area contributed by atoms with Crippen molar-refractivity contribution in [2.75, 3.05) is 18.5 Å². The Kier molecular flexibility index (Phi) is 5.36. The van der Waals surface area contributed by atoms with Gasteiger partial charge in [0.2, 0.25) is 5.91 Å². The van der Waals surface area contributed by atoms with Gasteiger partial charge in [0.15, 0.2) is 6.61 Å². The standard InChI is InChI=1S/C19H24N2O4/c1-13-6-8-15(9-7-13)20-17(22)12-25-19(24)14-10-18(23)21(11-14)16-4-2-3-5-16/h6-9,14,16H,2-5,10-12H2,1H3,(H,20,22)/t14-/m0/s1. The number of rotatable bonds is 5. The topological polar surface area (TPSA) is 75.7 Å². The number of carbonyl (C=O) groups excluding carboxylic acids is 3. The second-order valence-corrected chi connectivity index (χ2v) is 6.91. The van der Waals surface area contributed by atoms with E-state index < -0.39 is 11.9 Å². The molecule has 2 fully saturated rings. The van der Waals surface area contributed by atoms with Gasteiger partial charge in [-0.15, -0.1) is 0 Å². The first-order chi connectivity index (χ1) is 12.0. The molecule has 2 amide bonds. The normalized spacial score (nSPS) is 20.8. The van der Waals surface area contributed by atoms with Gasteiger partial charge >= 0.3 is 5.97 Å². The molecule has 2 aliphatic rings. The fourth-order valence-electron chi connectivity index (χ4n) is 3.55. The molecule has 1 aliphatic heterocycles. The Morgan fingerprint density at radius 1 is 1.20 bits per heavy atom. The monoisotopic (exact) mass is 344 g/mol. The van der Waals surface area contributed by atoms with Crippen molar-refractivity contribution in [2.24, 2.45) is 5.92 Å². The maximum atomic E-state index is 12.2. The second-order valence-electron chi connectivity index (χ2n) is 6.91. The lowest BCUT2D eigenvalue weighted by molar-refractivity contribution is -0.151. The highest BCUT2D eigenvalue weighted by atomic mass is 16.5. The van der Waals surface area contributed by atoms with Crippen LogP contribution in [0.15, 0.2) is 24.3 Å². The summed E-state index contributed by atoms with van der Waals surface area (Å²) in [6, 6.07) is 7.65. The van der Waals surface area contributed by atoms with Crippen LogP contribution >= 0.6 is 0 Å². The zero-order valence-corrected chi connectivity index (χ0v) is 14.5. The molecule has 0 radical (unpaired) electrons. The fourth-order valence-corrected chi connectivity index (χ4v) is 3.55. The van der Waals surface area contributed by atoms with Crippen LogP contribution in [-0.4, -0.2) is 41.9 Å². The molecule has 134 valence electrons. The Morgan fingerprint density at radius 3 is 2.56 bits per heavy atom. The second kappa shape index (κ2) is 7.68. The van der Waals surface area contributed by atoms with E-state index in [0.717, 1.165) is 31.2 Å². The van der Waals surface area contributed by atoms with E-state index in [2.05, 4.69) is 5.32 Å². The Morgan fingerprint density at radius 2 is 1.88 bits per heavy atom. The summed E-state index contributed by atoms with van der Waals surface area (Å²) < 4.78 is 5.11. The van der Waals surface area contributed by atoms with Crippen molar-refractivity contribution in [2.45, 2.75) is 45.1 Å². The summed E-state index contributed by atoms with van der Waals surface area (Å²) in [4.78, 5) is 38.0. The van der Waals surface area contributed by atoms with Crippen molar-refractivity contribution in [1.82, 2.24) is 4.90 Å². The summed E-state index contributed by atoms with van der Waals surface area (Å²) in [5, 5.41) is 2.68. The average molecular weight is 344 g/mol. The van der Waals surface area contributed by atoms with Crippen LogP contribution in [0, 0.1) is 12.8 Å². The average Bonchev–Trinajstić information content (AvgIpc) is 3.24. The van der Waals surface area contributed by atoms with Gasteiger partial charge in [0.25, 0.3) is 5.91 Å². The van der Waals surface area contributed by atoms with E-state index in [9.17, 15) is 14.4 Å². The molecular formula is C19H24N2O4. The van der Waals surface area contributed by atoms with Crippen molar-refractivity contribution < 1.29 is 19.1 Å². The number of esters is 1. The van der Waals surface area contributed by atoms with Gasteiger partial charge in [0.1, 0.15) is 0 Å². The number of ether oxygens (including phenoxy) is 1. The number of hydrogen-bond donors (Lipinski definition) is 1. The van der Waals surface area contributed by atoms with Gasteiger partial charge in [-0.3, -0.25) is 14.4 Å². The van der Waals surface area contributed by atoms with Crippen LogP contribution in [0.2, 0.25) is 0 Å². The van der Waals surface area contributed by atoms with Crippen LogP contribution < -0.4 is 5.32 Å². The predicted molar refractivity (Wildman–Crippen MR) is 92.8 cm³/mol. The molecule has 0 aromatic heterocycles. The van der Waals surface area contributed by atoms with E-state index in [-0.39, 0.29) is 30.9 Å². The van der Waals surface area contributed by atoms with Crippen LogP contribution in [0.4, 0.5) is 5.69 Å². The minimum absolute atomic E-state index is 0.0259. The number of nitrogens with zero attached hydrogens (tertiary/aromatic N) is 1. The minimum atomic E-state index is -0.465. The first-order valence-corrected chi connectivity index (χ1v) is 8.85. The minimum Gasteiger partial charge on any atom is -0.455 e. The summed E-state index contributed by atoms with van der Waals surface area (Å²) in [6.07, 6.45) is 4.51. The number of hydrogen-bond acceptors (Lipinski definition) is 4. The highest BCUT2D eigenvalue weighted by molar-refractivity contribution is 5.93. The summed E-state index contributed by atoms with van der Waals surface area (Å²) in [5.74, 6) is -1.28. The molecule has 1 heterocycles. The molecule has 1 aliphatic carbocycles. The van der Waals surface area contributed by atoms with Crippen LogP contribution in [0.1, 0.15) is 37.7 Å². The molecule has 0 spiro atoms. The van der Waals surface area contributed by atoms with Crippen LogP contribution in [0.3, 0.4) is 0 Å². The predicted octanol–water partition coefficient (Wildman–Crippen LogP) is 2.27. The molecule has 25 heavy (non-hydrogen) atoms. The lowest BCUT2D eigenvalue weighted by atomic mass is 10.1. The van der Waals surface area contributed by atoms with E-state index in [1.165, 1.54) is 0 Å². The molecule has 1 N–H and O–H groups in total. The van der Waals surface area contributed by atoms with Crippen molar-refractivity contribution >= 4 is 23.5 Å². The number of benzene rings is 1. The Balaban J connectivity index is 1.45. The summed E-state index contributed by atoms with van der Waals surface area (Å²) in [5.41, 5.74) is 1.76. The zero-order chi connectivity index (χ0) is 17.8. The molecular weight excluding hydrogens is 320 g/mol. The number of likely N-dealkylation sites (tertiary alicyclic amines) is 1. The van der Waals surface area contributed by atoms with Crippen molar-refractivity contribution in [1.29, 1.82) is 0 Å². The maximum Gasteiger partial charge on any atom is 0.311 e. The van der Waals surface area contributed by atoms with Crippen LogP contribution in [0.5, 0.6) is 0 Å². The van der Waals surface area contributed by atoms with Crippen molar-refractivity contribution in [3.8, 4) is 0 Å². The molecule has 1 saturated heterocycles. The van der Waals surface area contributed by atoms with Gasteiger partial charge < -0.3 is 15.0 Å². The molecule has 1 saturated carbocycles. The van der Waals surface area contributed by atoms with Gasteiger partial charge in [0, 0.05) is 24.7 Å². The SMILES string of the molecule is Cc1ccc(NC(=O)COC(=O)[C@H]2CC(=O)N(C3CCCC3)C2)cc1. The Labute approximate surface area is 147 Å². The van der Waals surface area contributed by atoms with E-state index in [1.807, 2.05) is 24.0 Å². The molecule has 1 aromatic rings. The smallest absolute Gasteiger partial charge is 0.311 e. The van der Waals surface area contributed by atoms with Crippen molar-refractivity contribution in [3.63, 3.8) is 0 Å². The van der Waals surface area contributed by atoms with Gasteiger partial charge in [-0.25, -0.2) is 0 Å². The fraction of sp³-hybridized carbons (Fsp3) is 0.526. The molecule has 1 atom stereocenters. The summed E-state index contributed by atoms with van der Waals surface area (Å²) in [6.45, 7) is 2.05. The number of nitrogens with one attached hydrogen (secondary N) is 1. The molecule has 6 heteroatoms. The largest absolute Gasteiger partial charge is 0.455 e. The quantitative estimate of drug-likeness (QED) is 0.832. The van der Waals surface area contributed by atoms with E-state index >= 15 is 0 Å². The number of anilines is 1. The third-order valence-electron chi connectivity index (χ3n) is 4.94. The maximum absolute atomic E-state index is 12.2. The molecule has 0 unspecified atom stereocenters. The van der Waals surface area contributed by atoms with Gasteiger partial charge in [-0.2, -0.15) is 0 Å². The van der Waals surface area contributed by atoms with Gasteiger partial charge in [-0.1, -0.05) is 30.5 Å². The molecule has 3 rings (SSSR count). The first-order valence-electron chi connectivity index (χ1n) is 8.85. The van der Waals surface area contributed by atoms with E-state index in [1.54, 1.807) is 12.1 Å².